The number of fused-ring (bicyclic) bond motifs is 5. The highest BCUT2D eigenvalue weighted by molar-refractivity contribution is 6.16. The van der Waals surface area contributed by atoms with E-state index >= 15 is 0 Å². The van der Waals surface area contributed by atoms with Gasteiger partial charge in [-0.05, 0) is 52.8 Å². The molecule has 3 aromatic carbocycles. The lowest BCUT2D eigenvalue weighted by Crippen LogP contribution is -1.95. The molecule has 0 spiro atoms. The molecule has 1 aliphatic carbocycles. The Balaban J connectivity index is 2.27. The highest BCUT2D eigenvalue weighted by atomic mass is 16.5. The Morgan fingerprint density at radius 3 is 2.52 bits per heavy atom. The predicted octanol–water partition coefficient (Wildman–Crippen LogP) is 4.44. The zero-order chi connectivity index (χ0) is 14.6. The molecular formula is C19H16O2. The van der Waals surface area contributed by atoms with E-state index in [1.54, 1.807) is 7.11 Å². The number of carbonyl (C=O) groups is 1. The normalized spacial score (nSPS) is 13.9. The Morgan fingerprint density at radius 1 is 1.00 bits per heavy atom. The van der Waals surface area contributed by atoms with Gasteiger partial charge in [-0.15, -0.1) is 0 Å². The quantitative estimate of drug-likeness (QED) is 0.614. The first-order valence-electron chi connectivity index (χ1n) is 7.26. The largest absolute Gasteiger partial charge is 0.496 e. The van der Waals surface area contributed by atoms with Crippen molar-refractivity contribution in [3.05, 3.63) is 53.1 Å². The number of carbonyl (C=O) groups excluding carboxylic acids is 1. The summed E-state index contributed by atoms with van der Waals surface area (Å²) in [7, 11) is 1.70. The number of hydrogen-bond donors (Lipinski definition) is 0. The maximum atomic E-state index is 12.0. The minimum Gasteiger partial charge on any atom is -0.496 e. The van der Waals surface area contributed by atoms with E-state index in [0.29, 0.717) is 6.42 Å². The second-order valence-electron chi connectivity index (χ2n) is 5.69. The molecule has 0 N–H and O–H groups in total. The topological polar surface area (TPSA) is 26.3 Å². The van der Waals surface area contributed by atoms with Crippen molar-refractivity contribution in [2.75, 3.05) is 7.11 Å². The highest BCUT2D eigenvalue weighted by Gasteiger charge is 2.24. The molecule has 0 bridgehead atoms. The number of hydrogen-bond acceptors (Lipinski definition) is 2. The van der Waals surface area contributed by atoms with Crippen LogP contribution in [0.25, 0.3) is 21.5 Å². The van der Waals surface area contributed by atoms with Gasteiger partial charge in [-0.25, -0.2) is 0 Å². The third-order valence-electron chi connectivity index (χ3n) is 4.53. The van der Waals surface area contributed by atoms with Crippen LogP contribution in [-0.4, -0.2) is 12.9 Å². The van der Waals surface area contributed by atoms with E-state index in [4.69, 9.17) is 4.74 Å². The summed E-state index contributed by atoms with van der Waals surface area (Å²) in [4.78, 5) is 12.0. The molecule has 3 aromatic rings. The Bertz CT molecular complexity index is 906. The number of ketones is 1. The first kappa shape index (κ1) is 12.4. The van der Waals surface area contributed by atoms with E-state index in [2.05, 4.69) is 37.3 Å². The van der Waals surface area contributed by atoms with Gasteiger partial charge in [0, 0.05) is 17.4 Å². The van der Waals surface area contributed by atoms with Crippen LogP contribution in [0.3, 0.4) is 0 Å². The fourth-order valence-corrected chi connectivity index (χ4v) is 3.59. The van der Waals surface area contributed by atoms with Gasteiger partial charge in [-0.1, -0.05) is 24.3 Å². The SMILES string of the molecule is COc1cc2c3c(cc(C)c2c2ccccc12)C(=O)CC3. The lowest BCUT2D eigenvalue weighted by molar-refractivity contribution is 0.0994. The fourth-order valence-electron chi connectivity index (χ4n) is 3.59. The third-order valence-corrected chi connectivity index (χ3v) is 4.53. The standard InChI is InChI=1S/C19H16O2/c1-11-9-15-12(7-8-17(15)20)16-10-18(21-2)13-5-3-4-6-14(13)19(11)16/h3-6,9-10H,7-8H2,1-2H3. The van der Waals surface area contributed by atoms with Gasteiger partial charge in [0.05, 0.1) is 7.11 Å². The van der Waals surface area contributed by atoms with Crippen LogP contribution in [0.1, 0.15) is 27.9 Å². The van der Waals surface area contributed by atoms with Crippen molar-refractivity contribution in [1.29, 1.82) is 0 Å². The summed E-state index contributed by atoms with van der Waals surface area (Å²) in [6.45, 7) is 2.09. The average molecular weight is 276 g/mol. The van der Waals surface area contributed by atoms with Crippen molar-refractivity contribution < 1.29 is 9.53 Å². The van der Waals surface area contributed by atoms with E-state index < -0.39 is 0 Å². The monoisotopic (exact) mass is 276 g/mol. The van der Waals surface area contributed by atoms with Gasteiger partial charge >= 0.3 is 0 Å². The molecule has 1 aliphatic rings. The number of ether oxygens (including phenoxy) is 1. The van der Waals surface area contributed by atoms with Crippen LogP contribution in [0.4, 0.5) is 0 Å². The lowest BCUT2D eigenvalue weighted by Gasteiger charge is -2.14. The van der Waals surface area contributed by atoms with Crippen LogP contribution in [0.2, 0.25) is 0 Å². The van der Waals surface area contributed by atoms with Gasteiger partial charge in [0.2, 0.25) is 0 Å². The summed E-state index contributed by atoms with van der Waals surface area (Å²) in [5, 5.41) is 4.75. The van der Waals surface area contributed by atoms with E-state index in [1.165, 1.54) is 21.7 Å². The number of rotatable bonds is 1. The summed E-state index contributed by atoms with van der Waals surface area (Å²) in [6.07, 6.45) is 1.47. The van der Waals surface area contributed by atoms with Crippen molar-refractivity contribution in [2.24, 2.45) is 0 Å². The summed E-state index contributed by atoms with van der Waals surface area (Å²) in [5.41, 5.74) is 3.25. The molecule has 0 aromatic heterocycles. The molecule has 2 nitrogen and oxygen atoms in total. The van der Waals surface area contributed by atoms with Crippen molar-refractivity contribution >= 4 is 27.3 Å². The molecule has 104 valence electrons. The van der Waals surface area contributed by atoms with Gasteiger partial charge in [0.1, 0.15) is 5.75 Å². The smallest absolute Gasteiger partial charge is 0.163 e. The molecule has 0 heterocycles. The third kappa shape index (κ3) is 1.62. The summed E-state index contributed by atoms with van der Waals surface area (Å²) in [5.74, 6) is 1.15. The van der Waals surface area contributed by atoms with Gasteiger partial charge in [0.15, 0.2) is 5.78 Å². The Labute approximate surface area is 123 Å². The molecule has 0 fully saturated rings. The highest BCUT2D eigenvalue weighted by Crippen LogP contribution is 2.40. The second kappa shape index (κ2) is 4.32. The Hall–Kier alpha value is -2.35. The maximum Gasteiger partial charge on any atom is 0.163 e. The average Bonchev–Trinajstić information content (AvgIpc) is 2.87. The molecule has 0 radical (unpaired) electrons. The molecule has 0 amide bonds. The first-order chi connectivity index (χ1) is 10.2. The molecule has 0 aliphatic heterocycles. The zero-order valence-corrected chi connectivity index (χ0v) is 12.2. The van der Waals surface area contributed by atoms with E-state index in [9.17, 15) is 4.79 Å². The van der Waals surface area contributed by atoms with Gasteiger partial charge in [-0.3, -0.25) is 4.79 Å². The maximum absolute atomic E-state index is 12.0. The molecule has 4 rings (SSSR count). The molecule has 21 heavy (non-hydrogen) atoms. The van der Waals surface area contributed by atoms with Crippen LogP contribution >= 0.6 is 0 Å². The minimum absolute atomic E-state index is 0.266. The molecular weight excluding hydrogens is 260 g/mol. The van der Waals surface area contributed by atoms with Gasteiger partial charge in [0.25, 0.3) is 0 Å². The molecule has 0 saturated carbocycles. The van der Waals surface area contributed by atoms with E-state index in [0.717, 1.165) is 28.7 Å². The summed E-state index contributed by atoms with van der Waals surface area (Å²) in [6, 6.07) is 12.5. The van der Waals surface area contributed by atoms with Crippen LogP contribution < -0.4 is 4.74 Å². The Kier molecular flexibility index (Phi) is 2.55. The predicted molar refractivity (Wildman–Crippen MR) is 85.4 cm³/mol. The molecule has 0 saturated heterocycles. The number of benzene rings is 3. The lowest BCUT2D eigenvalue weighted by atomic mass is 9.92. The minimum atomic E-state index is 0.266. The number of aryl methyl sites for hydroxylation is 2. The molecule has 0 atom stereocenters. The Morgan fingerprint density at radius 2 is 1.76 bits per heavy atom. The first-order valence-corrected chi connectivity index (χ1v) is 7.26. The van der Waals surface area contributed by atoms with Crippen LogP contribution in [-0.2, 0) is 6.42 Å². The van der Waals surface area contributed by atoms with Crippen molar-refractivity contribution in [1.82, 2.24) is 0 Å². The van der Waals surface area contributed by atoms with Crippen LogP contribution in [0, 0.1) is 6.92 Å². The van der Waals surface area contributed by atoms with E-state index in [1.807, 2.05) is 6.07 Å². The zero-order valence-electron chi connectivity index (χ0n) is 12.2. The van der Waals surface area contributed by atoms with Crippen molar-refractivity contribution in [3.8, 4) is 5.75 Å². The summed E-state index contributed by atoms with van der Waals surface area (Å²) >= 11 is 0. The summed E-state index contributed by atoms with van der Waals surface area (Å²) < 4.78 is 5.58. The number of methoxy groups -OCH3 is 1. The van der Waals surface area contributed by atoms with Gasteiger partial charge in [-0.2, -0.15) is 0 Å². The van der Waals surface area contributed by atoms with Gasteiger partial charge < -0.3 is 4.74 Å². The second-order valence-corrected chi connectivity index (χ2v) is 5.69. The van der Waals surface area contributed by atoms with E-state index in [-0.39, 0.29) is 5.78 Å². The molecule has 0 unspecified atom stereocenters. The van der Waals surface area contributed by atoms with Crippen molar-refractivity contribution in [3.63, 3.8) is 0 Å². The van der Waals surface area contributed by atoms with Crippen LogP contribution in [0.15, 0.2) is 36.4 Å². The van der Waals surface area contributed by atoms with Crippen LogP contribution in [0.5, 0.6) is 5.75 Å². The fraction of sp³-hybridized carbons (Fsp3) is 0.211. The molecule has 2 heteroatoms. The number of Topliss-reactive ketones (excluding diaryl/α,β-unsaturated/α-hetero) is 1. The van der Waals surface area contributed by atoms with Crippen molar-refractivity contribution in [2.45, 2.75) is 19.8 Å².